The first-order valence-electron chi connectivity index (χ1n) is 22.5. The predicted octanol–water partition coefficient (Wildman–Crippen LogP) is 14.3. The SMILES string of the molecule is CCCCCCCCCCCCCCCCCCC1CCO[Si](CCCSC(=O)CCCCCCC)(OCCCCCCCCCC)ONC1. The Hall–Kier alpha value is 0.0769. The van der Waals surface area contributed by atoms with Gasteiger partial charge in [-0.3, -0.25) is 9.32 Å². The summed E-state index contributed by atoms with van der Waals surface area (Å²) in [7, 11) is -2.81. The minimum atomic E-state index is -2.81. The molecule has 0 aromatic heterocycles. The fraction of sp³-hybridized carbons (Fsp3) is 0.977. The molecule has 0 spiro atoms. The predicted molar refractivity (Wildman–Crippen MR) is 222 cm³/mol. The van der Waals surface area contributed by atoms with Crippen molar-refractivity contribution in [3.05, 3.63) is 0 Å². The van der Waals surface area contributed by atoms with E-state index in [9.17, 15) is 4.79 Å². The molecule has 0 radical (unpaired) electrons. The van der Waals surface area contributed by atoms with E-state index in [2.05, 4.69) is 26.3 Å². The Morgan fingerprint density at radius 3 is 1.60 bits per heavy atom. The minimum absolute atomic E-state index is 0.339. The van der Waals surface area contributed by atoms with Crippen molar-refractivity contribution in [3.8, 4) is 0 Å². The Morgan fingerprint density at radius 1 is 0.620 bits per heavy atom. The number of unbranched alkanes of at least 4 members (excludes halogenated alkanes) is 26. The molecule has 0 aliphatic carbocycles. The molecule has 1 heterocycles. The van der Waals surface area contributed by atoms with E-state index in [0.717, 1.165) is 57.2 Å². The van der Waals surface area contributed by atoms with Crippen molar-refractivity contribution in [2.45, 2.75) is 239 Å². The highest BCUT2D eigenvalue weighted by Crippen LogP contribution is 2.25. The molecule has 1 saturated heterocycles. The van der Waals surface area contributed by atoms with Gasteiger partial charge >= 0.3 is 8.80 Å². The van der Waals surface area contributed by atoms with Crippen LogP contribution in [0.5, 0.6) is 0 Å². The molecule has 2 atom stereocenters. The van der Waals surface area contributed by atoms with Gasteiger partial charge in [-0.2, -0.15) is 0 Å². The lowest BCUT2D eigenvalue weighted by Crippen LogP contribution is -2.52. The van der Waals surface area contributed by atoms with Crippen LogP contribution in [0.4, 0.5) is 0 Å². The van der Waals surface area contributed by atoms with Crippen molar-refractivity contribution in [1.29, 1.82) is 0 Å². The van der Waals surface area contributed by atoms with Crippen LogP contribution in [0, 0.1) is 5.92 Å². The van der Waals surface area contributed by atoms with Gasteiger partial charge in [0.15, 0.2) is 5.12 Å². The van der Waals surface area contributed by atoms with E-state index in [-0.39, 0.29) is 0 Å². The number of carbonyl (C=O) groups excluding carboxylic acids is 1. The van der Waals surface area contributed by atoms with Gasteiger partial charge in [-0.05, 0) is 38.0 Å². The van der Waals surface area contributed by atoms with Crippen molar-refractivity contribution >= 4 is 25.7 Å². The van der Waals surface area contributed by atoms with Crippen LogP contribution in [-0.4, -0.2) is 39.4 Å². The fourth-order valence-corrected chi connectivity index (χ4v) is 10.6. The van der Waals surface area contributed by atoms with Gasteiger partial charge in [-0.15, -0.1) is 0 Å². The first kappa shape index (κ1) is 48.1. The number of thioether (sulfide) groups is 1. The van der Waals surface area contributed by atoms with Gasteiger partial charge in [-0.1, -0.05) is 206 Å². The average Bonchev–Trinajstić information content (AvgIpc) is 3.11. The van der Waals surface area contributed by atoms with Gasteiger partial charge in [0.1, 0.15) is 0 Å². The lowest BCUT2D eigenvalue weighted by atomic mass is 9.97. The lowest BCUT2D eigenvalue weighted by Gasteiger charge is -2.33. The summed E-state index contributed by atoms with van der Waals surface area (Å²) in [5, 5.41) is 0.339. The van der Waals surface area contributed by atoms with E-state index in [1.165, 1.54) is 192 Å². The van der Waals surface area contributed by atoms with E-state index >= 15 is 0 Å². The average molecular weight is 742 g/mol. The standard InChI is InChI=1S/C43H87NO4SSi/c1-4-7-10-13-15-17-18-19-20-21-22-23-24-25-28-30-34-42-36-38-47-50(48-44-41-42,46-37-32-29-26-16-14-11-8-5-2)40-33-39-49-43(45)35-31-27-12-9-6-3/h42,44H,4-41H2,1-3H3. The fourth-order valence-electron chi connectivity index (χ4n) is 7.16. The second kappa shape index (κ2) is 37.4. The second-order valence-electron chi connectivity index (χ2n) is 15.5. The van der Waals surface area contributed by atoms with Gasteiger partial charge in [0.2, 0.25) is 0 Å². The number of hydrogen-bond acceptors (Lipinski definition) is 6. The highest BCUT2D eigenvalue weighted by molar-refractivity contribution is 8.13. The van der Waals surface area contributed by atoms with Crippen LogP contribution in [-0.2, 0) is 18.2 Å². The van der Waals surface area contributed by atoms with E-state index in [1.807, 2.05) is 0 Å². The molecule has 50 heavy (non-hydrogen) atoms. The molecule has 1 fully saturated rings. The summed E-state index contributed by atoms with van der Waals surface area (Å²) in [4.78, 5) is 12.4. The zero-order chi connectivity index (χ0) is 36.1. The molecule has 1 rings (SSSR count). The Kier molecular flexibility index (Phi) is 36.0. The Morgan fingerprint density at radius 2 is 1.08 bits per heavy atom. The van der Waals surface area contributed by atoms with Gasteiger partial charge in [0.25, 0.3) is 0 Å². The maximum absolute atomic E-state index is 12.4. The van der Waals surface area contributed by atoms with E-state index in [4.69, 9.17) is 13.4 Å². The zero-order valence-corrected chi connectivity index (χ0v) is 35.8. The summed E-state index contributed by atoms with van der Waals surface area (Å²) in [6.45, 7) is 9.15. The largest absolute Gasteiger partial charge is 0.517 e. The van der Waals surface area contributed by atoms with Crippen LogP contribution < -0.4 is 5.48 Å². The second-order valence-corrected chi connectivity index (χ2v) is 19.3. The summed E-state index contributed by atoms with van der Waals surface area (Å²) in [6.07, 6.45) is 42.9. The zero-order valence-electron chi connectivity index (χ0n) is 34.0. The molecule has 0 amide bonds. The van der Waals surface area contributed by atoms with Crippen molar-refractivity contribution in [2.24, 2.45) is 5.92 Å². The Bertz CT molecular complexity index is 704. The van der Waals surface area contributed by atoms with Gasteiger partial charge < -0.3 is 8.85 Å². The molecule has 2 unspecified atom stereocenters. The Labute approximate surface area is 318 Å². The maximum Gasteiger partial charge on any atom is 0.517 e. The summed E-state index contributed by atoms with van der Waals surface area (Å²) >= 11 is 1.50. The smallest absolute Gasteiger partial charge is 0.373 e. The van der Waals surface area contributed by atoms with Crippen LogP contribution in [0.3, 0.4) is 0 Å². The molecule has 1 aliphatic rings. The summed E-state index contributed by atoms with van der Waals surface area (Å²) in [6, 6.07) is 0.789. The number of hydroxylamine groups is 1. The Balaban J connectivity index is 2.25. The highest BCUT2D eigenvalue weighted by atomic mass is 32.2. The molecule has 1 aliphatic heterocycles. The molecular weight excluding hydrogens is 655 g/mol. The van der Waals surface area contributed by atoms with Crippen molar-refractivity contribution in [3.63, 3.8) is 0 Å². The third-order valence-electron chi connectivity index (χ3n) is 10.6. The first-order valence-corrected chi connectivity index (χ1v) is 25.4. The lowest BCUT2D eigenvalue weighted by molar-refractivity contribution is -0.111. The molecule has 0 saturated carbocycles. The van der Waals surface area contributed by atoms with Crippen molar-refractivity contribution in [2.75, 3.05) is 25.5 Å². The van der Waals surface area contributed by atoms with Gasteiger partial charge in [-0.25, -0.2) is 5.48 Å². The monoisotopic (exact) mass is 742 g/mol. The number of rotatable bonds is 37. The van der Waals surface area contributed by atoms with Crippen LogP contribution in [0.1, 0.15) is 233 Å². The molecule has 1 N–H and O–H groups in total. The summed E-state index contributed by atoms with van der Waals surface area (Å²) in [5.41, 5.74) is 3.35. The first-order chi connectivity index (χ1) is 24.7. The van der Waals surface area contributed by atoms with Crippen molar-refractivity contribution < 1.29 is 18.2 Å². The van der Waals surface area contributed by atoms with Crippen LogP contribution in [0.2, 0.25) is 6.04 Å². The van der Waals surface area contributed by atoms with E-state index in [0.29, 0.717) is 17.5 Å². The number of carbonyl (C=O) groups is 1. The summed E-state index contributed by atoms with van der Waals surface area (Å²) in [5.74, 6) is 1.44. The molecule has 0 bridgehead atoms. The van der Waals surface area contributed by atoms with Crippen LogP contribution in [0.15, 0.2) is 0 Å². The molecule has 7 heteroatoms. The van der Waals surface area contributed by atoms with Gasteiger partial charge in [0.05, 0.1) is 0 Å². The van der Waals surface area contributed by atoms with Crippen LogP contribution in [0.25, 0.3) is 0 Å². The highest BCUT2D eigenvalue weighted by Gasteiger charge is 2.42. The normalized spacial score (nSPS) is 18.3. The van der Waals surface area contributed by atoms with Crippen LogP contribution >= 0.6 is 11.8 Å². The topological polar surface area (TPSA) is 56.8 Å². The third-order valence-corrected chi connectivity index (χ3v) is 14.3. The molecular formula is C43H87NO4SSi. The number of nitrogens with one attached hydrogen (secondary N) is 1. The molecule has 298 valence electrons. The maximum atomic E-state index is 12.4. The molecule has 0 aromatic rings. The minimum Gasteiger partial charge on any atom is -0.373 e. The van der Waals surface area contributed by atoms with Gasteiger partial charge in [0, 0.05) is 38.0 Å². The van der Waals surface area contributed by atoms with E-state index in [1.54, 1.807) is 0 Å². The van der Waals surface area contributed by atoms with E-state index < -0.39 is 8.80 Å². The van der Waals surface area contributed by atoms with Crippen molar-refractivity contribution in [1.82, 2.24) is 5.48 Å². The quantitative estimate of drug-likeness (QED) is 0.0505. The third kappa shape index (κ3) is 30.5. The summed E-state index contributed by atoms with van der Waals surface area (Å²) < 4.78 is 19.4. The molecule has 5 nitrogen and oxygen atoms in total. The number of hydrogen-bond donors (Lipinski definition) is 1. The molecule has 0 aromatic carbocycles.